The van der Waals surface area contributed by atoms with Crippen molar-refractivity contribution in [2.45, 2.75) is 47.2 Å². The minimum absolute atomic E-state index is 0.443. The number of aryl methyl sites for hydroxylation is 3. The van der Waals surface area contributed by atoms with Crippen LogP contribution in [0, 0.1) is 20.8 Å². The minimum atomic E-state index is 0.443. The summed E-state index contributed by atoms with van der Waals surface area (Å²) in [6.07, 6.45) is 1.74. The van der Waals surface area contributed by atoms with Gasteiger partial charge in [-0.2, -0.15) is 0 Å². The molecule has 0 fully saturated rings. The van der Waals surface area contributed by atoms with Gasteiger partial charge in [0.2, 0.25) is 0 Å². The molecule has 5 nitrogen and oxygen atoms in total. The predicted octanol–water partition coefficient (Wildman–Crippen LogP) is 2.36. The van der Waals surface area contributed by atoms with E-state index in [2.05, 4.69) is 39.1 Å². The molecule has 1 N–H and O–H groups in total. The van der Waals surface area contributed by atoms with Gasteiger partial charge in [0, 0.05) is 35.7 Å². The molecule has 0 aromatic carbocycles. The summed E-state index contributed by atoms with van der Waals surface area (Å²) in [4.78, 5) is 17.6. The first-order valence-electron chi connectivity index (χ1n) is 6.85. The number of hydrogen-bond donors (Lipinski definition) is 1. The summed E-state index contributed by atoms with van der Waals surface area (Å²) in [7, 11) is 0. The van der Waals surface area contributed by atoms with Crippen molar-refractivity contribution in [1.29, 1.82) is 0 Å². The van der Waals surface area contributed by atoms with Crippen molar-refractivity contribution in [3.63, 3.8) is 0 Å². The summed E-state index contributed by atoms with van der Waals surface area (Å²) in [6, 6.07) is 2.28. The van der Waals surface area contributed by atoms with E-state index >= 15 is 0 Å². The van der Waals surface area contributed by atoms with Crippen molar-refractivity contribution < 1.29 is 0 Å². The molecule has 0 saturated heterocycles. The lowest BCUT2D eigenvalue weighted by Crippen LogP contribution is -2.23. The maximum absolute atomic E-state index is 4.58. The average molecular weight is 271 g/mol. The van der Waals surface area contributed by atoms with E-state index in [-0.39, 0.29) is 0 Å². The standard InChI is InChI=1S/C15H21N5/c1-9(2)17-8-13-10(3)18-15(19-11(13)4)14-6-7-16-12(5)20-14/h6-7,9,17H,8H2,1-5H3. The predicted molar refractivity (Wildman–Crippen MR) is 79.2 cm³/mol. The zero-order chi connectivity index (χ0) is 14.7. The summed E-state index contributed by atoms with van der Waals surface area (Å²) < 4.78 is 0. The van der Waals surface area contributed by atoms with E-state index < -0.39 is 0 Å². The third-order valence-corrected chi connectivity index (χ3v) is 3.11. The molecule has 0 bridgehead atoms. The van der Waals surface area contributed by atoms with Gasteiger partial charge in [-0.3, -0.25) is 0 Å². The maximum Gasteiger partial charge on any atom is 0.178 e. The molecule has 0 radical (unpaired) electrons. The van der Waals surface area contributed by atoms with E-state index in [1.165, 1.54) is 0 Å². The molecular formula is C15H21N5. The summed E-state index contributed by atoms with van der Waals surface area (Å²) in [5.74, 6) is 1.39. The van der Waals surface area contributed by atoms with Crippen molar-refractivity contribution in [3.8, 4) is 11.5 Å². The van der Waals surface area contributed by atoms with Gasteiger partial charge >= 0.3 is 0 Å². The highest BCUT2D eigenvalue weighted by Gasteiger charge is 2.11. The van der Waals surface area contributed by atoms with Gasteiger partial charge in [0.1, 0.15) is 11.5 Å². The van der Waals surface area contributed by atoms with Gasteiger partial charge in [-0.05, 0) is 26.8 Å². The molecule has 2 aromatic rings. The first kappa shape index (κ1) is 14.5. The highest BCUT2D eigenvalue weighted by molar-refractivity contribution is 5.49. The Bertz CT molecular complexity index is 584. The fraction of sp³-hybridized carbons (Fsp3) is 0.467. The monoisotopic (exact) mass is 271 g/mol. The summed E-state index contributed by atoms with van der Waals surface area (Å²) >= 11 is 0. The molecule has 2 aromatic heterocycles. The molecule has 0 saturated carbocycles. The van der Waals surface area contributed by atoms with E-state index in [1.807, 2.05) is 26.8 Å². The fourth-order valence-corrected chi connectivity index (χ4v) is 2.00. The Kier molecular flexibility index (Phi) is 4.39. The molecular weight excluding hydrogens is 250 g/mol. The van der Waals surface area contributed by atoms with Crippen molar-refractivity contribution in [2.75, 3.05) is 0 Å². The van der Waals surface area contributed by atoms with Crippen LogP contribution in [-0.4, -0.2) is 26.0 Å². The molecule has 0 aliphatic carbocycles. The van der Waals surface area contributed by atoms with Crippen LogP contribution in [0.5, 0.6) is 0 Å². The van der Waals surface area contributed by atoms with Crippen LogP contribution in [0.3, 0.4) is 0 Å². The van der Waals surface area contributed by atoms with Crippen LogP contribution in [-0.2, 0) is 6.54 Å². The Morgan fingerprint density at radius 3 is 2.25 bits per heavy atom. The average Bonchev–Trinajstić information content (AvgIpc) is 2.37. The smallest absolute Gasteiger partial charge is 0.178 e. The first-order valence-corrected chi connectivity index (χ1v) is 6.85. The quantitative estimate of drug-likeness (QED) is 0.924. The van der Waals surface area contributed by atoms with E-state index in [1.54, 1.807) is 6.20 Å². The van der Waals surface area contributed by atoms with Gasteiger partial charge in [-0.25, -0.2) is 19.9 Å². The number of nitrogens with zero attached hydrogens (tertiary/aromatic N) is 4. The van der Waals surface area contributed by atoms with Gasteiger partial charge in [-0.1, -0.05) is 13.8 Å². The zero-order valence-corrected chi connectivity index (χ0v) is 12.7. The molecule has 0 aliphatic rings. The zero-order valence-electron chi connectivity index (χ0n) is 12.7. The Morgan fingerprint density at radius 1 is 1.05 bits per heavy atom. The molecule has 0 amide bonds. The summed E-state index contributed by atoms with van der Waals surface area (Å²) in [5.41, 5.74) is 3.93. The van der Waals surface area contributed by atoms with Crippen molar-refractivity contribution in [3.05, 3.63) is 35.0 Å². The number of rotatable bonds is 4. The molecule has 2 rings (SSSR count). The molecule has 2 heterocycles. The van der Waals surface area contributed by atoms with E-state index in [0.29, 0.717) is 11.9 Å². The molecule has 20 heavy (non-hydrogen) atoms. The third-order valence-electron chi connectivity index (χ3n) is 3.11. The van der Waals surface area contributed by atoms with Crippen molar-refractivity contribution in [1.82, 2.24) is 25.3 Å². The van der Waals surface area contributed by atoms with Crippen LogP contribution in [0.15, 0.2) is 12.3 Å². The second-order valence-electron chi connectivity index (χ2n) is 5.22. The van der Waals surface area contributed by atoms with Gasteiger partial charge in [-0.15, -0.1) is 0 Å². The molecule has 0 unspecified atom stereocenters. The SMILES string of the molecule is Cc1nccc(-c2nc(C)c(CNC(C)C)c(C)n2)n1. The highest BCUT2D eigenvalue weighted by atomic mass is 15.0. The second-order valence-corrected chi connectivity index (χ2v) is 5.22. The van der Waals surface area contributed by atoms with E-state index in [4.69, 9.17) is 0 Å². The van der Waals surface area contributed by atoms with Crippen LogP contribution in [0.2, 0.25) is 0 Å². The van der Waals surface area contributed by atoms with E-state index in [0.717, 1.165) is 35.0 Å². The Hall–Kier alpha value is -1.88. The van der Waals surface area contributed by atoms with Gasteiger partial charge in [0.05, 0.1) is 0 Å². The summed E-state index contributed by atoms with van der Waals surface area (Å²) in [6.45, 7) is 10.9. The second kappa shape index (κ2) is 6.05. The van der Waals surface area contributed by atoms with Crippen LogP contribution in [0.1, 0.15) is 36.6 Å². The van der Waals surface area contributed by atoms with Crippen LogP contribution in [0.4, 0.5) is 0 Å². The topological polar surface area (TPSA) is 63.6 Å². The number of nitrogens with one attached hydrogen (secondary N) is 1. The van der Waals surface area contributed by atoms with Crippen LogP contribution >= 0.6 is 0 Å². The molecule has 0 spiro atoms. The van der Waals surface area contributed by atoms with E-state index in [9.17, 15) is 0 Å². The molecule has 5 heteroatoms. The Morgan fingerprint density at radius 2 is 1.70 bits per heavy atom. The van der Waals surface area contributed by atoms with Crippen LogP contribution < -0.4 is 5.32 Å². The molecule has 106 valence electrons. The van der Waals surface area contributed by atoms with Gasteiger partial charge in [0.15, 0.2) is 5.82 Å². The lowest BCUT2D eigenvalue weighted by Gasteiger charge is -2.13. The first-order chi connectivity index (χ1) is 9.47. The van der Waals surface area contributed by atoms with Crippen molar-refractivity contribution >= 4 is 0 Å². The molecule has 0 aliphatic heterocycles. The van der Waals surface area contributed by atoms with Gasteiger partial charge < -0.3 is 5.32 Å². The lowest BCUT2D eigenvalue weighted by molar-refractivity contribution is 0.583. The van der Waals surface area contributed by atoms with Gasteiger partial charge in [0.25, 0.3) is 0 Å². The highest BCUT2D eigenvalue weighted by Crippen LogP contribution is 2.17. The normalized spacial score (nSPS) is 11.1. The third kappa shape index (κ3) is 3.36. The Labute approximate surface area is 119 Å². The number of hydrogen-bond acceptors (Lipinski definition) is 5. The summed E-state index contributed by atoms with van der Waals surface area (Å²) in [5, 5.41) is 3.41. The fourth-order valence-electron chi connectivity index (χ4n) is 2.00. The van der Waals surface area contributed by atoms with Crippen molar-refractivity contribution in [2.24, 2.45) is 0 Å². The largest absolute Gasteiger partial charge is 0.310 e. The molecule has 0 atom stereocenters. The minimum Gasteiger partial charge on any atom is -0.310 e. The maximum atomic E-state index is 4.58. The number of aromatic nitrogens is 4. The van der Waals surface area contributed by atoms with Crippen LogP contribution in [0.25, 0.3) is 11.5 Å². The Balaban J connectivity index is 2.35. The lowest BCUT2D eigenvalue weighted by atomic mass is 10.1.